The Labute approximate surface area is 83.1 Å². The van der Waals surface area contributed by atoms with Crippen molar-refractivity contribution < 1.29 is 4.79 Å². The van der Waals surface area contributed by atoms with Crippen molar-refractivity contribution in [1.29, 1.82) is 0 Å². The molecule has 4 nitrogen and oxygen atoms in total. The average Bonchev–Trinajstić information content (AvgIpc) is 2.75. The molecule has 0 radical (unpaired) electrons. The first-order valence-electron chi connectivity index (χ1n) is 5.08. The van der Waals surface area contributed by atoms with E-state index < -0.39 is 0 Å². The van der Waals surface area contributed by atoms with E-state index >= 15 is 0 Å². The van der Waals surface area contributed by atoms with Crippen molar-refractivity contribution in [2.45, 2.75) is 38.6 Å². The lowest BCUT2D eigenvalue weighted by atomic mass is 10.2. The highest BCUT2D eigenvalue weighted by Gasteiger charge is 2.18. The van der Waals surface area contributed by atoms with Crippen molar-refractivity contribution in [3.8, 4) is 0 Å². The van der Waals surface area contributed by atoms with Crippen molar-refractivity contribution in [1.82, 2.24) is 15.3 Å². The van der Waals surface area contributed by atoms with Crippen LogP contribution in [0.2, 0.25) is 0 Å². The topological polar surface area (TPSA) is 57.8 Å². The zero-order valence-corrected chi connectivity index (χ0v) is 8.34. The molecule has 0 atom stereocenters. The Morgan fingerprint density at radius 2 is 2.29 bits per heavy atom. The van der Waals surface area contributed by atoms with Gasteiger partial charge in [-0.05, 0) is 19.8 Å². The van der Waals surface area contributed by atoms with E-state index in [1.165, 1.54) is 12.8 Å². The van der Waals surface area contributed by atoms with Crippen molar-refractivity contribution in [3.05, 3.63) is 17.7 Å². The molecule has 1 fully saturated rings. The monoisotopic (exact) mass is 193 g/mol. The lowest BCUT2D eigenvalue weighted by Crippen LogP contribution is -2.32. The quantitative estimate of drug-likeness (QED) is 0.745. The van der Waals surface area contributed by atoms with E-state index in [0.717, 1.165) is 18.7 Å². The van der Waals surface area contributed by atoms with Gasteiger partial charge in [-0.15, -0.1) is 0 Å². The molecule has 0 bridgehead atoms. The molecule has 0 aromatic carbocycles. The number of H-pyrrole nitrogens is 1. The number of nitrogens with one attached hydrogen (secondary N) is 2. The summed E-state index contributed by atoms with van der Waals surface area (Å²) in [7, 11) is 0. The molecule has 1 aromatic rings. The Kier molecular flexibility index (Phi) is 2.52. The molecule has 76 valence electrons. The molecule has 1 aliphatic rings. The highest BCUT2D eigenvalue weighted by molar-refractivity contribution is 5.92. The van der Waals surface area contributed by atoms with Crippen LogP contribution in [-0.4, -0.2) is 21.9 Å². The molecule has 0 unspecified atom stereocenters. The predicted octanol–water partition coefficient (Wildman–Crippen LogP) is 1.39. The normalized spacial score (nSPS) is 17.2. The van der Waals surface area contributed by atoms with E-state index in [4.69, 9.17) is 0 Å². The van der Waals surface area contributed by atoms with E-state index in [0.29, 0.717) is 11.7 Å². The molecular formula is C10H15N3O. The number of amides is 1. The summed E-state index contributed by atoms with van der Waals surface area (Å²) in [6.45, 7) is 1.84. The van der Waals surface area contributed by atoms with Crippen LogP contribution in [0, 0.1) is 6.92 Å². The number of carbonyl (C=O) groups excluding carboxylic acids is 1. The van der Waals surface area contributed by atoms with Gasteiger partial charge in [0.15, 0.2) is 0 Å². The molecule has 0 aliphatic heterocycles. The average molecular weight is 193 g/mol. The van der Waals surface area contributed by atoms with E-state index in [-0.39, 0.29) is 5.91 Å². The van der Waals surface area contributed by atoms with Crippen LogP contribution in [0.25, 0.3) is 0 Å². The van der Waals surface area contributed by atoms with E-state index in [1.54, 1.807) is 6.20 Å². The molecule has 1 aromatic heterocycles. The summed E-state index contributed by atoms with van der Waals surface area (Å²) in [5, 5.41) is 3.00. The van der Waals surface area contributed by atoms with E-state index in [2.05, 4.69) is 15.3 Å². The predicted molar refractivity (Wildman–Crippen MR) is 53.0 cm³/mol. The fourth-order valence-electron chi connectivity index (χ4n) is 1.87. The summed E-state index contributed by atoms with van der Waals surface area (Å²) in [6.07, 6.45) is 6.26. The van der Waals surface area contributed by atoms with Gasteiger partial charge in [-0.1, -0.05) is 12.8 Å². The molecule has 0 saturated heterocycles. The van der Waals surface area contributed by atoms with Gasteiger partial charge in [0.05, 0.1) is 6.20 Å². The molecule has 14 heavy (non-hydrogen) atoms. The smallest absolute Gasteiger partial charge is 0.269 e. The number of aryl methyl sites for hydroxylation is 1. The number of aromatic nitrogens is 2. The first-order chi connectivity index (χ1) is 6.75. The maximum Gasteiger partial charge on any atom is 0.269 e. The summed E-state index contributed by atoms with van der Waals surface area (Å²) in [5.41, 5.74) is 0.564. The Hall–Kier alpha value is -1.32. The summed E-state index contributed by atoms with van der Waals surface area (Å²) in [5.74, 6) is 0.749. The van der Waals surface area contributed by atoms with Gasteiger partial charge in [-0.2, -0.15) is 0 Å². The molecule has 0 spiro atoms. The number of nitrogens with zero attached hydrogens (tertiary/aromatic N) is 1. The van der Waals surface area contributed by atoms with E-state index in [1.807, 2.05) is 6.92 Å². The fourth-order valence-corrected chi connectivity index (χ4v) is 1.87. The third kappa shape index (κ3) is 1.95. The lowest BCUT2D eigenvalue weighted by molar-refractivity contribution is 0.0933. The molecule has 4 heteroatoms. The number of imidazole rings is 1. The molecule has 2 rings (SSSR count). The minimum atomic E-state index is -0.0301. The van der Waals surface area contributed by atoms with Gasteiger partial charge in [-0.3, -0.25) is 4.79 Å². The summed E-state index contributed by atoms with van der Waals surface area (Å²) in [4.78, 5) is 18.6. The van der Waals surface area contributed by atoms with Gasteiger partial charge >= 0.3 is 0 Å². The van der Waals surface area contributed by atoms with Crippen LogP contribution >= 0.6 is 0 Å². The molecular weight excluding hydrogens is 178 g/mol. The highest BCUT2D eigenvalue weighted by Crippen LogP contribution is 2.17. The first kappa shape index (κ1) is 9.24. The van der Waals surface area contributed by atoms with Crippen molar-refractivity contribution in [2.24, 2.45) is 0 Å². The number of carbonyl (C=O) groups is 1. The number of hydrogen-bond acceptors (Lipinski definition) is 2. The maximum absolute atomic E-state index is 11.6. The minimum Gasteiger partial charge on any atom is -0.348 e. The van der Waals surface area contributed by atoms with Crippen LogP contribution in [0.1, 0.15) is 42.0 Å². The van der Waals surface area contributed by atoms with Crippen LogP contribution in [0.4, 0.5) is 0 Å². The molecule has 1 aliphatic carbocycles. The van der Waals surface area contributed by atoms with Crippen LogP contribution in [0.15, 0.2) is 6.20 Å². The minimum absolute atomic E-state index is 0.0301. The Balaban J connectivity index is 1.95. The second kappa shape index (κ2) is 3.82. The van der Waals surface area contributed by atoms with Crippen molar-refractivity contribution >= 4 is 5.91 Å². The molecule has 1 amide bonds. The third-order valence-electron chi connectivity index (χ3n) is 2.64. The van der Waals surface area contributed by atoms with Crippen LogP contribution in [0.3, 0.4) is 0 Å². The van der Waals surface area contributed by atoms with Crippen molar-refractivity contribution in [2.75, 3.05) is 0 Å². The van der Waals surface area contributed by atoms with Crippen LogP contribution in [0.5, 0.6) is 0 Å². The number of hydrogen-bond donors (Lipinski definition) is 2. The van der Waals surface area contributed by atoms with Gasteiger partial charge in [-0.25, -0.2) is 4.98 Å². The highest BCUT2D eigenvalue weighted by atomic mass is 16.1. The third-order valence-corrected chi connectivity index (χ3v) is 2.64. The van der Waals surface area contributed by atoms with Crippen LogP contribution in [-0.2, 0) is 0 Å². The lowest BCUT2D eigenvalue weighted by Gasteiger charge is -2.10. The Morgan fingerprint density at radius 3 is 2.86 bits per heavy atom. The maximum atomic E-state index is 11.6. The molecule has 1 heterocycles. The standard InChI is InChI=1S/C10H15N3O/c1-7-11-6-9(12-7)10(14)13-8-4-2-3-5-8/h6,8H,2-5H2,1H3,(H,11,12)(H,13,14). The van der Waals surface area contributed by atoms with E-state index in [9.17, 15) is 4.79 Å². The van der Waals surface area contributed by atoms with Gasteiger partial charge in [0.1, 0.15) is 11.5 Å². The Morgan fingerprint density at radius 1 is 1.57 bits per heavy atom. The first-order valence-corrected chi connectivity index (χ1v) is 5.08. The summed E-state index contributed by atoms with van der Waals surface area (Å²) < 4.78 is 0. The van der Waals surface area contributed by atoms with Gasteiger partial charge in [0.25, 0.3) is 5.91 Å². The zero-order chi connectivity index (χ0) is 9.97. The van der Waals surface area contributed by atoms with Crippen molar-refractivity contribution in [3.63, 3.8) is 0 Å². The van der Waals surface area contributed by atoms with Gasteiger partial charge < -0.3 is 10.3 Å². The SMILES string of the molecule is Cc1ncc(C(=O)NC2CCCC2)[nH]1. The molecule has 2 N–H and O–H groups in total. The Bertz CT molecular complexity index is 326. The molecule has 1 saturated carbocycles. The van der Waals surface area contributed by atoms with Gasteiger partial charge in [0.2, 0.25) is 0 Å². The fraction of sp³-hybridized carbons (Fsp3) is 0.600. The number of aromatic amines is 1. The zero-order valence-electron chi connectivity index (χ0n) is 8.34. The van der Waals surface area contributed by atoms with Crippen LogP contribution < -0.4 is 5.32 Å². The summed E-state index contributed by atoms with van der Waals surface area (Å²) >= 11 is 0. The second-order valence-electron chi connectivity index (χ2n) is 3.84. The van der Waals surface area contributed by atoms with Gasteiger partial charge in [0, 0.05) is 6.04 Å². The number of rotatable bonds is 2. The summed E-state index contributed by atoms with van der Waals surface area (Å²) in [6, 6.07) is 0.367. The largest absolute Gasteiger partial charge is 0.348 e. The second-order valence-corrected chi connectivity index (χ2v) is 3.84.